The van der Waals surface area contributed by atoms with E-state index in [1.807, 2.05) is 42.5 Å². The molecule has 1 aliphatic heterocycles. The second kappa shape index (κ2) is 6.11. The molecule has 2 heterocycles. The van der Waals surface area contributed by atoms with E-state index in [0.717, 1.165) is 23.6 Å². The van der Waals surface area contributed by atoms with Crippen LogP contribution >= 0.6 is 0 Å². The summed E-state index contributed by atoms with van der Waals surface area (Å²) in [6.07, 6.45) is -0.526. The highest BCUT2D eigenvalue weighted by Gasteiger charge is 2.25. The second-order valence-corrected chi connectivity index (χ2v) is 5.13. The maximum atomic E-state index is 11.2. The number of hydrogen-bond acceptors (Lipinski definition) is 4. The van der Waals surface area contributed by atoms with Gasteiger partial charge in [0, 0.05) is 18.7 Å². The number of hydrogen-bond donors (Lipinski definition) is 1. The van der Waals surface area contributed by atoms with Crippen molar-refractivity contribution in [1.29, 1.82) is 0 Å². The Morgan fingerprint density at radius 1 is 1.24 bits per heavy atom. The highest BCUT2D eigenvalue weighted by molar-refractivity contribution is 5.79. The number of carbonyl (C=O) groups is 1. The number of carbonyl (C=O) groups excluding carboxylic acids is 1. The summed E-state index contributed by atoms with van der Waals surface area (Å²) in [6, 6.07) is 13.9. The fraction of sp³-hybridized carbons (Fsp3) is 0.312. The summed E-state index contributed by atoms with van der Waals surface area (Å²) in [6.45, 7) is 2.45. The van der Waals surface area contributed by atoms with Crippen molar-refractivity contribution in [1.82, 2.24) is 4.90 Å². The zero-order valence-corrected chi connectivity index (χ0v) is 11.7. The maximum Gasteiger partial charge on any atom is 0.247 e. The summed E-state index contributed by atoms with van der Waals surface area (Å²) >= 11 is 0. The van der Waals surface area contributed by atoms with Gasteiger partial charge in [-0.05, 0) is 12.1 Å². The van der Waals surface area contributed by atoms with Crippen LogP contribution in [0.1, 0.15) is 5.76 Å². The predicted molar refractivity (Wildman–Crippen MR) is 78.4 cm³/mol. The smallest absolute Gasteiger partial charge is 0.247 e. The Bertz CT molecular complexity index is 609. The van der Waals surface area contributed by atoms with Crippen molar-refractivity contribution in [3.8, 4) is 11.3 Å². The molecule has 0 radical (unpaired) electrons. The molecule has 0 saturated carbocycles. The zero-order valence-electron chi connectivity index (χ0n) is 11.7. The Morgan fingerprint density at radius 3 is 2.81 bits per heavy atom. The van der Waals surface area contributed by atoms with Crippen LogP contribution < -0.4 is 5.73 Å². The summed E-state index contributed by atoms with van der Waals surface area (Å²) in [4.78, 5) is 13.3. The first-order chi connectivity index (χ1) is 10.2. The molecule has 1 aliphatic rings. The molecule has 1 saturated heterocycles. The van der Waals surface area contributed by atoms with Gasteiger partial charge in [0.2, 0.25) is 5.91 Å². The first-order valence-electron chi connectivity index (χ1n) is 7.00. The zero-order chi connectivity index (χ0) is 14.7. The molecule has 1 aromatic carbocycles. The van der Waals surface area contributed by atoms with Crippen molar-refractivity contribution in [2.24, 2.45) is 5.73 Å². The number of morpholine rings is 1. The van der Waals surface area contributed by atoms with Crippen molar-refractivity contribution in [3.05, 3.63) is 48.2 Å². The largest absolute Gasteiger partial charge is 0.460 e. The van der Waals surface area contributed by atoms with Gasteiger partial charge in [0.25, 0.3) is 0 Å². The van der Waals surface area contributed by atoms with Gasteiger partial charge >= 0.3 is 0 Å². The Morgan fingerprint density at radius 2 is 2.05 bits per heavy atom. The summed E-state index contributed by atoms with van der Waals surface area (Å²) in [7, 11) is 0. The summed E-state index contributed by atoms with van der Waals surface area (Å²) in [5, 5.41) is 0. The minimum absolute atomic E-state index is 0.413. The standard InChI is InChI=1S/C16H18N2O3/c17-16(19)15-11-18(8-9-20-15)10-13-6-7-14(21-13)12-4-2-1-3-5-12/h1-7,15H,8-11H2,(H2,17,19). The molecule has 0 spiro atoms. The quantitative estimate of drug-likeness (QED) is 0.927. The lowest BCUT2D eigenvalue weighted by atomic mass is 10.2. The van der Waals surface area contributed by atoms with Gasteiger partial charge in [-0.15, -0.1) is 0 Å². The number of furan rings is 1. The first-order valence-corrected chi connectivity index (χ1v) is 7.00. The van der Waals surface area contributed by atoms with Gasteiger partial charge in [-0.2, -0.15) is 0 Å². The van der Waals surface area contributed by atoms with Crippen LogP contribution in [0.2, 0.25) is 0 Å². The first kappa shape index (κ1) is 13.9. The molecule has 5 heteroatoms. The number of primary amides is 1. The van der Waals surface area contributed by atoms with Crippen molar-refractivity contribution in [2.75, 3.05) is 19.7 Å². The number of ether oxygens (including phenoxy) is 1. The fourth-order valence-corrected chi connectivity index (χ4v) is 2.46. The SMILES string of the molecule is NC(=O)C1CN(Cc2ccc(-c3ccccc3)o2)CCO1. The third-order valence-electron chi connectivity index (χ3n) is 3.57. The van der Waals surface area contributed by atoms with Crippen molar-refractivity contribution in [2.45, 2.75) is 12.6 Å². The molecule has 1 fully saturated rings. The number of benzene rings is 1. The lowest BCUT2D eigenvalue weighted by Crippen LogP contribution is -2.47. The van der Waals surface area contributed by atoms with Crippen LogP contribution in [-0.2, 0) is 16.1 Å². The molecular weight excluding hydrogens is 268 g/mol. The van der Waals surface area contributed by atoms with Gasteiger partial charge in [-0.25, -0.2) is 0 Å². The van der Waals surface area contributed by atoms with E-state index in [-0.39, 0.29) is 0 Å². The van der Waals surface area contributed by atoms with Gasteiger partial charge in [0.05, 0.1) is 13.2 Å². The van der Waals surface area contributed by atoms with Crippen LogP contribution in [-0.4, -0.2) is 36.6 Å². The van der Waals surface area contributed by atoms with Crippen molar-refractivity contribution < 1.29 is 13.9 Å². The fourth-order valence-electron chi connectivity index (χ4n) is 2.46. The van der Waals surface area contributed by atoms with Gasteiger partial charge in [-0.1, -0.05) is 30.3 Å². The summed E-state index contributed by atoms with van der Waals surface area (Å²) in [5.74, 6) is 1.31. The van der Waals surface area contributed by atoms with E-state index in [0.29, 0.717) is 19.7 Å². The molecule has 1 aromatic heterocycles. The Kier molecular flexibility index (Phi) is 4.03. The average molecular weight is 286 g/mol. The highest BCUT2D eigenvalue weighted by Crippen LogP contribution is 2.22. The topological polar surface area (TPSA) is 68.7 Å². The minimum Gasteiger partial charge on any atom is -0.460 e. The number of nitrogens with zero attached hydrogens (tertiary/aromatic N) is 1. The van der Waals surface area contributed by atoms with E-state index < -0.39 is 12.0 Å². The molecule has 0 aliphatic carbocycles. The molecule has 0 bridgehead atoms. The van der Waals surface area contributed by atoms with E-state index in [4.69, 9.17) is 14.9 Å². The highest BCUT2D eigenvalue weighted by atomic mass is 16.5. The van der Waals surface area contributed by atoms with Crippen molar-refractivity contribution >= 4 is 5.91 Å². The second-order valence-electron chi connectivity index (χ2n) is 5.13. The lowest BCUT2D eigenvalue weighted by molar-refractivity contribution is -0.135. The Hall–Kier alpha value is -2.11. The molecule has 5 nitrogen and oxygen atoms in total. The molecule has 3 rings (SSSR count). The third kappa shape index (κ3) is 3.32. The van der Waals surface area contributed by atoms with Crippen LogP contribution in [0.25, 0.3) is 11.3 Å². The molecule has 2 N–H and O–H groups in total. The van der Waals surface area contributed by atoms with Gasteiger partial charge in [-0.3, -0.25) is 9.69 Å². The lowest BCUT2D eigenvalue weighted by Gasteiger charge is -2.30. The average Bonchev–Trinajstić information content (AvgIpc) is 2.97. The van der Waals surface area contributed by atoms with Gasteiger partial charge in [0.15, 0.2) is 0 Å². The Balaban J connectivity index is 1.66. The van der Waals surface area contributed by atoms with Crippen LogP contribution in [0.5, 0.6) is 0 Å². The number of amides is 1. The number of rotatable bonds is 4. The van der Waals surface area contributed by atoms with Crippen LogP contribution in [0.3, 0.4) is 0 Å². The number of nitrogens with two attached hydrogens (primary N) is 1. The van der Waals surface area contributed by atoms with E-state index in [2.05, 4.69) is 4.90 Å². The third-order valence-corrected chi connectivity index (χ3v) is 3.57. The van der Waals surface area contributed by atoms with Crippen LogP contribution in [0, 0.1) is 0 Å². The molecule has 1 atom stereocenters. The van der Waals surface area contributed by atoms with Gasteiger partial charge < -0.3 is 14.9 Å². The minimum atomic E-state index is -0.526. The summed E-state index contributed by atoms with van der Waals surface area (Å²) in [5.41, 5.74) is 6.35. The van der Waals surface area contributed by atoms with E-state index in [9.17, 15) is 4.79 Å². The molecule has 110 valence electrons. The maximum absolute atomic E-state index is 11.2. The van der Waals surface area contributed by atoms with Crippen LogP contribution in [0.4, 0.5) is 0 Å². The molecule has 2 aromatic rings. The predicted octanol–water partition coefficient (Wildman–Crippen LogP) is 1.63. The molecule has 1 amide bonds. The Labute approximate surface area is 123 Å². The van der Waals surface area contributed by atoms with Gasteiger partial charge in [0.1, 0.15) is 17.6 Å². The van der Waals surface area contributed by atoms with Crippen molar-refractivity contribution in [3.63, 3.8) is 0 Å². The normalized spacial score (nSPS) is 19.5. The monoisotopic (exact) mass is 286 g/mol. The summed E-state index contributed by atoms with van der Waals surface area (Å²) < 4.78 is 11.2. The molecule has 1 unspecified atom stereocenters. The van der Waals surface area contributed by atoms with E-state index >= 15 is 0 Å². The van der Waals surface area contributed by atoms with Crippen LogP contribution in [0.15, 0.2) is 46.9 Å². The molecule has 21 heavy (non-hydrogen) atoms. The molecular formula is C16H18N2O3. The van der Waals surface area contributed by atoms with E-state index in [1.165, 1.54) is 0 Å². The van der Waals surface area contributed by atoms with E-state index in [1.54, 1.807) is 0 Å².